The van der Waals surface area contributed by atoms with E-state index in [1.165, 1.54) is 0 Å². The van der Waals surface area contributed by atoms with Crippen molar-refractivity contribution in [2.75, 3.05) is 17.6 Å². The van der Waals surface area contributed by atoms with E-state index in [4.69, 9.17) is 4.74 Å². The van der Waals surface area contributed by atoms with Crippen molar-refractivity contribution in [2.24, 2.45) is 5.92 Å². The van der Waals surface area contributed by atoms with E-state index < -0.39 is 10.0 Å². The molecule has 5 nitrogen and oxygen atoms in total. The summed E-state index contributed by atoms with van der Waals surface area (Å²) in [5, 5.41) is 0. The molecule has 1 atom stereocenters. The number of halogens is 1. The summed E-state index contributed by atoms with van der Waals surface area (Å²) in [6, 6.07) is 1.77. The van der Waals surface area contributed by atoms with Gasteiger partial charge in [-0.3, -0.25) is 4.72 Å². The maximum Gasteiger partial charge on any atom is 0.236 e. The van der Waals surface area contributed by atoms with E-state index in [9.17, 15) is 8.42 Å². The predicted molar refractivity (Wildman–Crippen MR) is 77.6 cm³/mol. The van der Waals surface area contributed by atoms with E-state index in [2.05, 4.69) is 25.6 Å². The molecule has 0 aliphatic heterocycles. The molecule has 7 heteroatoms. The van der Waals surface area contributed by atoms with Crippen LogP contribution in [0.2, 0.25) is 0 Å². The van der Waals surface area contributed by atoms with Crippen molar-refractivity contribution < 1.29 is 13.2 Å². The smallest absolute Gasteiger partial charge is 0.236 e. The lowest BCUT2D eigenvalue weighted by Gasteiger charge is -2.16. The minimum atomic E-state index is -3.45. The van der Waals surface area contributed by atoms with Crippen LogP contribution in [0.3, 0.4) is 0 Å². The molecule has 0 amide bonds. The first-order chi connectivity index (χ1) is 8.93. The molecule has 1 saturated carbocycles. The predicted octanol–water partition coefficient (Wildman–Crippen LogP) is 2.32. The third-order valence-electron chi connectivity index (χ3n) is 3.22. The summed E-state index contributed by atoms with van der Waals surface area (Å²) in [4.78, 5) is 4.06. The van der Waals surface area contributed by atoms with Crippen LogP contribution >= 0.6 is 15.9 Å². The number of aromatic nitrogens is 1. The Morgan fingerprint density at radius 1 is 1.58 bits per heavy atom. The Hall–Kier alpha value is -0.660. The van der Waals surface area contributed by atoms with Gasteiger partial charge in [0.15, 0.2) is 0 Å². The molecule has 2 rings (SSSR count). The molecule has 0 spiro atoms. The second-order valence-corrected chi connectivity index (χ2v) is 7.38. The summed E-state index contributed by atoms with van der Waals surface area (Å²) in [6.45, 7) is 1.81. The van der Waals surface area contributed by atoms with Crippen molar-refractivity contribution >= 4 is 31.8 Å². The Bertz CT molecular complexity index is 558. The molecule has 0 bridgehead atoms. The molecule has 0 radical (unpaired) electrons. The Labute approximate surface area is 121 Å². The molecular formula is C12H17BrN2O3S. The number of nitrogens with zero attached hydrogens (tertiary/aromatic N) is 1. The van der Waals surface area contributed by atoms with Crippen LogP contribution in [0.15, 0.2) is 16.7 Å². The van der Waals surface area contributed by atoms with Gasteiger partial charge < -0.3 is 4.74 Å². The Morgan fingerprint density at radius 2 is 2.26 bits per heavy atom. The highest BCUT2D eigenvalue weighted by atomic mass is 79.9. The van der Waals surface area contributed by atoms with Gasteiger partial charge in [-0.25, -0.2) is 13.4 Å². The number of pyridine rings is 1. The van der Waals surface area contributed by atoms with Crippen molar-refractivity contribution in [1.82, 2.24) is 4.98 Å². The van der Waals surface area contributed by atoms with Crippen molar-refractivity contribution in [3.05, 3.63) is 22.3 Å². The van der Waals surface area contributed by atoms with Crippen LogP contribution in [0.4, 0.5) is 5.82 Å². The second-order valence-electron chi connectivity index (χ2n) is 4.76. The van der Waals surface area contributed by atoms with Crippen LogP contribution < -0.4 is 4.72 Å². The molecule has 1 heterocycles. The van der Waals surface area contributed by atoms with Crippen molar-refractivity contribution in [2.45, 2.75) is 25.9 Å². The third-order valence-corrected chi connectivity index (χ3v) is 5.36. The van der Waals surface area contributed by atoms with Gasteiger partial charge in [0.1, 0.15) is 5.82 Å². The van der Waals surface area contributed by atoms with Gasteiger partial charge in [0.2, 0.25) is 10.0 Å². The number of sulfonamides is 1. The number of rotatable bonds is 6. The number of anilines is 1. The van der Waals surface area contributed by atoms with Crippen LogP contribution in [-0.4, -0.2) is 32.4 Å². The summed E-state index contributed by atoms with van der Waals surface area (Å²) in [7, 11) is -1.89. The van der Waals surface area contributed by atoms with Gasteiger partial charge in [0.05, 0.1) is 11.9 Å². The van der Waals surface area contributed by atoms with Crippen LogP contribution in [0.1, 0.15) is 18.4 Å². The highest BCUT2D eigenvalue weighted by Crippen LogP contribution is 2.34. The molecule has 0 aromatic carbocycles. The topological polar surface area (TPSA) is 68.3 Å². The van der Waals surface area contributed by atoms with Gasteiger partial charge in [0.25, 0.3) is 0 Å². The first-order valence-electron chi connectivity index (χ1n) is 6.07. The minimum Gasteiger partial charge on any atom is -0.380 e. The average molecular weight is 349 g/mol. The molecule has 1 aliphatic carbocycles. The zero-order valence-electron chi connectivity index (χ0n) is 10.9. The molecule has 1 aliphatic rings. The average Bonchev–Trinajstić information content (AvgIpc) is 3.16. The van der Waals surface area contributed by atoms with Gasteiger partial charge in [-0.05, 0) is 31.7 Å². The van der Waals surface area contributed by atoms with Crippen molar-refractivity contribution in [3.63, 3.8) is 0 Å². The second kappa shape index (κ2) is 5.76. The fourth-order valence-corrected chi connectivity index (χ4v) is 3.62. The highest BCUT2D eigenvalue weighted by Gasteiger charge is 2.34. The SMILES string of the molecule is COC(CS(=O)(=O)Nc1nccc(Br)c1C)C1CC1. The van der Waals surface area contributed by atoms with Gasteiger partial charge in [-0.1, -0.05) is 15.9 Å². The third kappa shape index (κ3) is 3.90. The normalized spacial score (nSPS) is 17.2. The molecule has 106 valence electrons. The maximum absolute atomic E-state index is 12.1. The molecule has 19 heavy (non-hydrogen) atoms. The monoisotopic (exact) mass is 348 g/mol. The summed E-state index contributed by atoms with van der Waals surface area (Å²) in [5.74, 6) is 0.708. The van der Waals surface area contributed by atoms with Gasteiger partial charge >= 0.3 is 0 Å². The maximum atomic E-state index is 12.1. The van der Waals surface area contributed by atoms with Crippen LogP contribution in [0.25, 0.3) is 0 Å². The molecule has 1 fully saturated rings. The number of hydrogen-bond donors (Lipinski definition) is 1. The van der Waals surface area contributed by atoms with Crippen LogP contribution in [0.5, 0.6) is 0 Å². The molecule has 1 unspecified atom stereocenters. The molecule has 1 aromatic heterocycles. The standard InChI is InChI=1S/C12H17BrN2O3S/c1-8-10(13)5-6-14-12(8)15-19(16,17)7-11(18-2)9-3-4-9/h5-6,9,11H,3-4,7H2,1-2H3,(H,14,15). The van der Waals surface area contributed by atoms with E-state index in [0.717, 1.165) is 22.9 Å². The lowest BCUT2D eigenvalue weighted by atomic mass is 10.3. The van der Waals surface area contributed by atoms with Crippen LogP contribution in [0, 0.1) is 12.8 Å². The van der Waals surface area contributed by atoms with Gasteiger partial charge in [-0.2, -0.15) is 0 Å². The first kappa shape index (κ1) is 14.7. The van der Waals surface area contributed by atoms with E-state index in [0.29, 0.717) is 11.7 Å². The van der Waals surface area contributed by atoms with E-state index in [1.54, 1.807) is 19.4 Å². The van der Waals surface area contributed by atoms with Crippen molar-refractivity contribution in [1.29, 1.82) is 0 Å². The highest BCUT2D eigenvalue weighted by molar-refractivity contribution is 9.10. The lowest BCUT2D eigenvalue weighted by molar-refractivity contribution is 0.103. The van der Waals surface area contributed by atoms with Crippen LogP contribution in [-0.2, 0) is 14.8 Å². The van der Waals surface area contributed by atoms with Gasteiger partial charge in [0, 0.05) is 23.3 Å². The number of methoxy groups -OCH3 is 1. The number of nitrogens with one attached hydrogen (secondary N) is 1. The largest absolute Gasteiger partial charge is 0.380 e. The Morgan fingerprint density at radius 3 is 2.84 bits per heavy atom. The van der Waals surface area contributed by atoms with Gasteiger partial charge in [-0.15, -0.1) is 0 Å². The Balaban J connectivity index is 2.10. The quantitative estimate of drug-likeness (QED) is 0.856. The summed E-state index contributed by atoms with van der Waals surface area (Å²) in [6.07, 6.45) is 3.42. The lowest BCUT2D eigenvalue weighted by Crippen LogP contribution is -2.29. The Kier molecular flexibility index (Phi) is 4.47. The fourth-order valence-electron chi connectivity index (χ4n) is 1.88. The first-order valence-corrected chi connectivity index (χ1v) is 8.52. The van der Waals surface area contributed by atoms with E-state index >= 15 is 0 Å². The number of ether oxygens (including phenoxy) is 1. The zero-order chi connectivity index (χ0) is 14.0. The van der Waals surface area contributed by atoms with Crippen molar-refractivity contribution in [3.8, 4) is 0 Å². The van der Waals surface area contributed by atoms with E-state index in [-0.39, 0.29) is 11.9 Å². The zero-order valence-corrected chi connectivity index (χ0v) is 13.3. The van der Waals surface area contributed by atoms with E-state index in [1.807, 2.05) is 6.92 Å². The summed E-state index contributed by atoms with van der Waals surface area (Å²) >= 11 is 3.35. The molecule has 1 N–H and O–H groups in total. The summed E-state index contributed by atoms with van der Waals surface area (Å²) < 4.78 is 32.8. The molecule has 1 aromatic rings. The summed E-state index contributed by atoms with van der Waals surface area (Å²) in [5.41, 5.74) is 0.770. The minimum absolute atomic E-state index is 0.0260. The molecule has 0 saturated heterocycles. The number of hydrogen-bond acceptors (Lipinski definition) is 4. The molecular weight excluding hydrogens is 332 g/mol. The fraction of sp³-hybridized carbons (Fsp3) is 0.583.